The van der Waals surface area contributed by atoms with Gasteiger partial charge in [0.25, 0.3) is 0 Å². The predicted molar refractivity (Wildman–Crippen MR) is 83.8 cm³/mol. The molecule has 0 saturated carbocycles. The first-order chi connectivity index (χ1) is 10.1. The number of nitrogens with zero attached hydrogens (tertiary/aromatic N) is 3. The second-order valence-corrected chi connectivity index (χ2v) is 7.30. The minimum absolute atomic E-state index is 0.0846. The van der Waals surface area contributed by atoms with E-state index in [1.807, 2.05) is 31.7 Å². The first-order valence-electron chi connectivity index (χ1n) is 7.31. The average molecular weight is 304 g/mol. The lowest BCUT2D eigenvalue weighted by Crippen LogP contribution is -2.27. The van der Waals surface area contributed by atoms with Crippen LogP contribution in [0, 0.1) is 0 Å². The van der Waals surface area contributed by atoms with Crippen LogP contribution in [-0.2, 0) is 22.6 Å². The summed E-state index contributed by atoms with van der Waals surface area (Å²) in [4.78, 5) is 16.5. The monoisotopic (exact) mass is 304 g/mol. The number of hydrogen-bond donors (Lipinski definition) is 1. The maximum absolute atomic E-state index is 12.1. The van der Waals surface area contributed by atoms with Crippen molar-refractivity contribution < 1.29 is 9.53 Å². The lowest BCUT2D eigenvalue weighted by atomic mass is 9.91. The second kappa shape index (κ2) is 5.59. The number of imidazole rings is 1. The van der Waals surface area contributed by atoms with E-state index in [0.29, 0.717) is 5.69 Å². The maximum Gasteiger partial charge on any atom is 0.358 e. The Balaban J connectivity index is 2.02. The number of aromatic amines is 1. The minimum atomic E-state index is -0.421. The van der Waals surface area contributed by atoms with Crippen LogP contribution in [0.25, 0.3) is 0 Å². The highest BCUT2D eigenvalue weighted by atomic mass is 16.5. The molecule has 0 fully saturated rings. The molecule has 0 spiro atoms. The molecule has 2 aromatic rings. The van der Waals surface area contributed by atoms with Gasteiger partial charge in [0.2, 0.25) is 0 Å². The summed E-state index contributed by atoms with van der Waals surface area (Å²) in [7, 11) is 1.91. The third-order valence-corrected chi connectivity index (χ3v) is 3.56. The molecule has 0 aliphatic rings. The second-order valence-electron chi connectivity index (χ2n) is 7.30. The largest absolute Gasteiger partial charge is 0.460 e. The van der Waals surface area contributed by atoms with Crippen LogP contribution >= 0.6 is 0 Å². The van der Waals surface area contributed by atoms with Crippen molar-refractivity contribution in [1.29, 1.82) is 0 Å². The molecule has 0 amide bonds. The molecule has 6 heteroatoms. The Bertz CT molecular complexity index is 662. The number of ether oxygens (including phenoxy) is 1. The summed E-state index contributed by atoms with van der Waals surface area (Å²) >= 11 is 0. The zero-order valence-corrected chi connectivity index (χ0v) is 14.1. The summed E-state index contributed by atoms with van der Waals surface area (Å²) in [5, 5.41) is 6.93. The SMILES string of the molecule is Cn1cnc(C(C)(C)COC(=O)c2cc(C(C)(C)C)[nH]n2)c1. The van der Waals surface area contributed by atoms with Gasteiger partial charge in [0.15, 0.2) is 5.69 Å². The van der Waals surface area contributed by atoms with Crippen LogP contribution in [0.15, 0.2) is 18.6 Å². The van der Waals surface area contributed by atoms with Gasteiger partial charge in [-0.15, -0.1) is 0 Å². The van der Waals surface area contributed by atoms with E-state index in [9.17, 15) is 4.79 Å². The highest BCUT2D eigenvalue weighted by molar-refractivity contribution is 5.87. The quantitative estimate of drug-likeness (QED) is 0.881. The minimum Gasteiger partial charge on any atom is -0.460 e. The van der Waals surface area contributed by atoms with Gasteiger partial charge < -0.3 is 9.30 Å². The molecule has 0 atom stereocenters. The molecule has 22 heavy (non-hydrogen) atoms. The molecule has 2 rings (SSSR count). The number of aromatic nitrogens is 4. The summed E-state index contributed by atoms with van der Waals surface area (Å²) in [6.45, 7) is 10.4. The molecule has 0 saturated heterocycles. The van der Waals surface area contributed by atoms with Crippen molar-refractivity contribution in [1.82, 2.24) is 19.7 Å². The number of esters is 1. The number of H-pyrrole nitrogens is 1. The third kappa shape index (κ3) is 3.55. The molecular weight excluding hydrogens is 280 g/mol. The predicted octanol–water partition coefficient (Wildman–Crippen LogP) is 2.58. The summed E-state index contributed by atoms with van der Waals surface area (Å²) in [5.74, 6) is -0.421. The van der Waals surface area contributed by atoms with Crippen LogP contribution in [0.3, 0.4) is 0 Å². The number of aryl methyl sites for hydroxylation is 1. The summed E-state index contributed by atoms with van der Waals surface area (Å²) in [5.41, 5.74) is 1.67. The highest BCUT2D eigenvalue weighted by Crippen LogP contribution is 2.23. The van der Waals surface area contributed by atoms with Crippen LogP contribution in [0.2, 0.25) is 0 Å². The van der Waals surface area contributed by atoms with Crippen molar-refractivity contribution in [3.63, 3.8) is 0 Å². The van der Waals surface area contributed by atoms with E-state index in [0.717, 1.165) is 11.4 Å². The van der Waals surface area contributed by atoms with Crippen LogP contribution in [-0.4, -0.2) is 32.3 Å². The van der Waals surface area contributed by atoms with Crippen LogP contribution in [0.5, 0.6) is 0 Å². The summed E-state index contributed by atoms with van der Waals surface area (Å²) < 4.78 is 7.29. The van der Waals surface area contributed by atoms with E-state index in [-0.39, 0.29) is 17.4 Å². The zero-order valence-electron chi connectivity index (χ0n) is 14.1. The van der Waals surface area contributed by atoms with Crippen molar-refractivity contribution in [2.24, 2.45) is 7.05 Å². The lowest BCUT2D eigenvalue weighted by Gasteiger charge is -2.21. The van der Waals surface area contributed by atoms with Crippen molar-refractivity contribution in [3.05, 3.63) is 35.7 Å². The Morgan fingerprint density at radius 2 is 2.00 bits per heavy atom. The van der Waals surface area contributed by atoms with Crippen LogP contribution < -0.4 is 0 Å². The number of carbonyl (C=O) groups excluding carboxylic acids is 1. The Morgan fingerprint density at radius 1 is 1.32 bits per heavy atom. The van der Waals surface area contributed by atoms with Crippen molar-refractivity contribution in [3.8, 4) is 0 Å². The maximum atomic E-state index is 12.1. The molecule has 120 valence electrons. The highest BCUT2D eigenvalue weighted by Gasteiger charge is 2.27. The van der Waals surface area contributed by atoms with E-state index < -0.39 is 5.97 Å². The Labute approximate surface area is 130 Å². The molecule has 1 N–H and O–H groups in total. The van der Waals surface area contributed by atoms with Gasteiger partial charge in [-0.05, 0) is 6.07 Å². The molecule has 0 aliphatic heterocycles. The van der Waals surface area contributed by atoms with E-state index in [1.165, 1.54) is 0 Å². The Kier molecular flexibility index (Phi) is 4.13. The Hall–Kier alpha value is -2.11. The normalized spacial score (nSPS) is 12.5. The lowest BCUT2D eigenvalue weighted by molar-refractivity contribution is 0.0417. The van der Waals surface area contributed by atoms with Crippen molar-refractivity contribution in [2.75, 3.05) is 6.61 Å². The van der Waals surface area contributed by atoms with E-state index in [2.05, 4.69) is 36.0 Å². The fourth-order valence-electron chi connectivity index (χ4n) is 1.97. The first-order valence-corrected chi connectivity index (χ1v) is 7.31. The average Bonchev–Trinajstić information content (AvgIpc) is 3.04. The van der Waals surface area contributed by atoms with Crippen LogP contribution in [0.1, 0.15) is 56.5 Å². The zero-order chi connectivity index (χ0) is 16.5. The summed E-state index contributed by atoms with van der Waals surface area (Å²) in [6, 6.07) is 1.75. The van der Waals surface area contributed by atoms with Gasteiger partial charge in [0.05, 0.1) is 12.0 Å². The summed E-state index contributed by atoms with van der Waals surface area (Å²) in [6.07, 6.45) is 3.67. The first kappa shape index (κ1) is 16.3. The van der Waals surface area contributed by atoms with E-state index >= 15 is 0 Å². The van der Waals surface area contributed by atoms with Gasteiger partial charge in [-0.25, -0.2) is 9.78 Å². The molecule has 0 unspecified atom stereocenters. The Morgan fingerprint density at radius 3 is 2.50 bits per heavy atom. The van der Waals surface area contributed by atoms with E-state index in [1.54, 1.807) is 12.4 Å². The molecule has 0 aromatic carbocycles. The van der Waals surface area contributed by atoms with Gasteiger partial charge >= 0.3 is 5.97 Å². The molecular formula is C16H24N4O2. The number of carbonyl (C=O) groups is 1. The van der Waals surface area contributed by atoms with Crippen LogP contribution in [0.4, 0.5) is 0 Å². The molecule has 2 heterocycles. The van der Waals surface area contributed by atoms with Gasteiger partial charge in [0, 0.05) is 29.8 Å². The van der Waals surface area contributed by atoms with E-state index in [4.69, 9.17) is 4.74 Å². The standard InChI is InChI=1S/C16H24N4O2/c1-15(2,3)12-7-11(18-19-12)14(21)22-9-16(4,5)13-8-20(6)10-17-13/h7-8,10H,9H2,1-6H3,(H,18,19). The van der Waals surface area contributed by atoms with Gasteiger partial charge in [-0.2, -0.15) is 5.10 Å². The number of rotatable bonds is 4. The van der Waals surface area contributed by atoms with Gasteiger partial charge in [0.1, 0.15) is 6.61 Å². The van der Waals surface area contributed by atoms with Crippen molar-refractivity contribution >= 4 is 5.97 Å². The molecule has 0 bridgehead atoms. The fourth-order valence-corrected chi connectivity index (χ4v) is 1.97. The fraction of sp³-hybridized carbons (Fsp3) is 0.562. The smallest absolute Gasteiger partial charge is 0.358 e. The number of hydrogen-bond acceptors (Lipinski definition) is 4. The molecule has 0 aliphatic carbocycles. The topological polar surface area (TPSA) is 72.8 Å². The molecule has 2 aromatic heterocycles. The third-order valence-electron chi connectivity index (χ3n) is 3.56. The van der Waals surface area contributed by atoms with Gasteiger partial charge in [-0.3, -0.25) is 5.10 Å². The van der Waals surface area contributed by atoms with Crippen molar-refractivity contribution in [2.45, 2.75) is 45.4 Å². The van der Waals surface area contributed by atoms with Gasteiger partial charge in [-0.1, -0.05) is 34.6 Å². The molecule has 0 radical (unpaired) electrons. The molecule has 6 nitrogen and oxygen atoms in total. The number of nitrogens with one attached hydrogen (secondary N) is 1.